The molecule has 1 saturated carbocycles. The number of phenolic OH excluding ortho intramolecular Hbond substituents is 1. The van der Waals surface area contributed by atoms with Crippen LogP contribution in [0.25, 0.3) is 0 Å². The summed E-state index contributed by atoms with van der Waals surface area (Å²) in [5, 5.41) is 13.4. The summed E-state index contributed by atoms with van der Waals surface area (Å²) in [5.74, 6) is 0.692. The summed E-state index contributed by atoms with van der Waals surface area (Å²) in [6.07, 6.45) is 4.73. The van der Waals surface area contributed by atoms with Crippen molar-refractivity contribution in [2.24, 2.45) is 11.0 Å². The van der Waals surface area contributed by atoms with Gasteiger partial charge in [-0.3, -0.25) is 10.2 Å². The Morgan fingerprint density at radius 1 is 1.35 bits per heavy atom. The zero-order valence-electron chi connectivity index (χ0n) is 11.0. The quantitative estimate of drug-likeness (QED) is 0.475. The Morgan fingerprint density at radius 3 is 2.90 bits per heavy atom. The molecule has 20 heavy (non-hydrogen) atoms. The molecule has 2 atom stereocenters. The lowest BCUT2D eigenvalue weighted by Gasteiger charge is -2.06. The van der Waals surface area contributed by atoms with Crippen LogP contribution in [0.3, 0.4) is 0 Å². The number of carbonyl (C=O) groups excluding carboxylic acids is 1. The molecule has 6 heteroatoms. The van der Waals surface area contributed by atoms with Crippen molar-refractivity contribution in [2.45, 2.75) is 31.3 Å². The molecule has 2 aliphatic rings. The molecule has 1 aliphatic heterocycles. The second-order valence-electron chi connectivity index (χ2n) is 5.31. The van der Waals surface area contributed by atoms with Crippen molar-refractivity contribution in [3.8, 4) is 5.75 Å². The fourth-order valence-corrected chi connectivity index (χ4v) is 2.40. The highest BCUT2D eigenvalue weighted by Gasteiger charge is 2.38. The first-order valence-electron chi connectivity index (χ1n) is 6.86. The molecule has 2 fully saturated rings. The summed E-state index contributed by atoms with van der Waals surface area (Å²) >= 11 is 0. The fourth-order valence-electron chi connectivity index (χ4n) is 2.40. The van der Waals surface area contributed by atoms with Gasteiger partial charge in [0.25, 0.3) is 5.91 Å². The monoisotopic (exact) mass is 274 g/mol. The Hall–Kier alpha value is -1.92. The summed E-state index contributed by atoms with van der Waals surface area (Å²) in [6, 6.07) is 6.98. The third-order valence-corrected chi connectivity index (χ3v) is 3.76. The summed E-state index contributed by atoms with van der Waals surface area (Å²) in [7, 11) is 0. The Balaban J connectivity index is 1.51. The minimum absolute atomic E-state index is 0.139. The van der Waals surface area contributed by atoms with E-state index in [0.717, 1.165) is 6.42 Å². The van der Waals surface area contributed by atoms with E-state index >= 15 is 0 Å². The molecule has 1 aromatic rings. The number of rotatable bonds is 4. The number of nitrogens with one attached hydrogen (secondary N) is 3. The highest BCUT2D eigenvalue weighted by atomic mass is 16.3. The Labute approximate surface area is 117 Å². The zero-order valence-corrected chi connectivity index (χ0v) is 11.0. The van der Waals surface area contributed by atoms with E-state index in [9.17, 15) is 9.90 Å². The molecular formula is C14H18N4O2. The van der Waals surface area contributed by atoms with Crippen molar-refractivity contribution in [3.63, 3.8) is 0 Å². The predicted molar refractivity (Wildman–Crippen MR) is 75.0 cm³/mol. The molecule has 1 amide bonds. The zero-order chi connectivity index (χ0) is 13.9. The topological polar surface area (TPSA) is 85.8 Å². The van der Waals surface area contributed by atoms with Gasteiger partial charge in [0.1, 0.15) is 11.8 Å². The number of phenols is 1. The second kappa shape index (κ2) is 5.60. The van der Waals surface area contributed by atoms with Gasteiger partial charge < -0.3 is 5.11 Å². The highest BCUT2D eigenvalue weighted by molar-refractivity contribution is 5.86. The minimum Gasteiger partial charge on any atom is -0.507 e. The van der Waals surface area contributed by atoms with Crippen LogP contribution >= 0.6 is 0 Å². The van der Waals surface area contributed by atoms with E-state index in [1.165, 1.54) is 19.1 Å². The molecule has 1 aliphatic carbocycles. The third-order valence-electron chi connectivity index (χ3n) is 3.76. The van der Waals surface area contributed by atoms with Gasteiger partial charge in [-0.1, -0.05) is 12.1 Å². The smallest absolute Gasteiger partial charge is 0.258 e. The SMILES string of the molecule is O=C(N/N=C/c1ccccc1O)C1CC(C2CC2)NN1. The van der Waals surface area contributed by atoms with Gasteiger partial charge >= 0.3 is 0 Å². The molecule has 0 bridgehead atoms. The molecular weight excluding hydrogens is 256 g/mol. The van der Waals surface area contributed by atoms with E-state index in [-0.39, 0.29) is 17.7 Å². The number of nitrogens with zero attached hydrogens (tertiary/aromatic N) is 1. The van der Waals surface area contributed by atoms with Crippen LogP contribution in [-0.4, -0.2) is 29.3 Å². The Bertz CT molecular complexity index is 528. The van der Waals surface area contributed by atoms with Gasteiger partial charge in [0.15, 0.2) is 0 Å². The Morgan fingerprint density at radius 2 is 2.15 bits per heavy atom. The van der Waals surface area contributed by atoms with E-state index in [1.54, 1.807) is 24.3 Å². The van der Waals surface area contributed by atoms with Crippen LogP contribution in [0, 0.1) is 5.92 Å². The average Bonchev–Trinajstić information content (AvgIpc) is 3.18. The second-order valence-corrected chi connectivity index (χ2v) is 5.31. The molecule has 4 N–H and O–H groups in total. The van der Waals surface area contributed by atoms with Gasteiger partial charge in [-0.05, 0) is 37.3 Å². The lowest BCUT2D eigenvalue weighted by Crippen LogP contribution is -2.42. The highest BCUT2D eigenvalue weighted by Crippen LogP contribution is 2.35. The van der Waals surface area contributed by atoms with Crippen LogP contribution in [0.5, 0.6) is 5.75 Å². The first kappa shape index (κ1) is 13.1. The number of hydrazine groups is 1. The molecule has 2 unspecified atom stereocenters. The summed E-state index contributed by atoms with van der Waals surface area (Å²) in [5.41, 5.74) is 9.23. The average molecular weight is 274 g/mol. The van der Waals surface area contributed by atoms with Crippen LogP contribution in [-0.2, 0) is 4.79 Å². The van der Waals surface area contributed by atoms with Crippen molar-refractivity contribution in [3.05, 3.63) is 29.8 Å². The standard InChI is InChI=1S/C14H18N4O2/c19-13-4-2-1-3-10(13)8-15-18-14(20)12-7-11(16-17-12)9-5-6-9/h1-4,8-9,11-12,16-17,19H,5-7H2,(H,18,20)/b15-8+. The van der Waals surface area contributed by atoms with Crippen molar-refractivity contribution in [1.82, 2.24) is 16.3 Å². The maximum absolute atomic E-state index is 11.9. The van der Waals surface area contributed by atoms with E-state index in [1.807, 2.05) is 0 Å². The lowest BCUT2D eigenvalue weighted by molar-refractivity contribution is -0.122. The normalized spacial score (nSPS) is 26.0. The van der Waals surface area contributed by atoms with Crippen LogP contribution in [0.1, 0.15) is 24.8 Å². The summed E-state index contributed by atoms with van der Waals surface area (Å²) < 4.78 is 0. The number of benzene rings is 1. The molecule has 3 rings (SSSR count). The van der Waals surface area contributed by atoms with Gasteiger partial charge in [0.05, 0.1) is 6.21 Å². The number of hydrazone groups is 1. The first-order valence-corrected chi connectivity index (χ1v) is 6.86. The molecule has 1 aromatic carbocycles. The Kier molecular flexibility index (Phi) is 3.66. The van der Waals surface area contributed by atoms with Crippen LogP contribution in [0.2, 0.25) is 0 Å². The molecule has 6 nitrogen and oxygen atoms in total. The van der Waals surface area contributed by atoms with E-state index in [4.69, 9.17) is 0 Å². The van der Waals surface area contributed by atoms with Crippen molar-refractivity contribution >= 4 is 12.1 Å². The fraction of sp³-hybridized carbons (Fsp3) is 0.429. The number of aromatic hydroxyl groups is 1. The first-order chi connectivity index (χ1) is 9.74. The predicted octanol–water partition coefficient (Wildman–Crippen LogP) is 0.487. The van der Waals surface area contributed by atoms with Gasteiger partial charge in [-0.15, -0.1) is 0 Å². The van der Waals surface area contributed by atoms with Crippen LogP contribution in [0.4, 0.5) is 0 Å². The van der Waals surface area contributed by atoms with Gasteiger partial charge in [0.2, 0.25) is 0 Å². The molecule has 0 aromatic heterocycles. The lowest BCUT2D eigenvalue weighted by atomic mass is 10.1. The van der Waals surface area contributed by atoms with Crippen molar-refractivity contribution in [1.29, 1.82) is 0 Å². The van der Waals surface area contributed by atoms with Gasteiger partial charge in [-0.2, -0.15) is 5.10 Å². The van der Waals surface area contributed by atoms with Gasteiger partial charge in [-0.25, -0.2) is 10.9 Å². The van der Waals surface area contributed by atoms with Crippen molar-refractivity contribution in [2.75, 3.05) is 0 Å². The maximum Gasteiger partial charge on any atom is 0.258 e. The van der Waals surface area contributed by atoms with E-state index in [0.29, 0.717) is 17.5 Å². The number of carbonyl (C=O) groups is 1. The number of amides is 1. The summed E-state index contributed by atoms with van der Waals surface area (Å²) in [4.78, 5) is 11.9. The van der Waals surface area contributed by atoms with E-state index in [2.05, 4.69) is 21.4 Å². The molecule has 0 spiro atoms. The molecule has 106 valence electrons. The molecule has 0 radical (unpaired) electrons. The summed E-state index contributed by atoms with van der Waals surface area (Å²) in [6.45, 7) is 0. The minimum atomic E-state index is -0.248. The van der Waals surface area contributed by atoms with Gasteiger partial charge in [0, 0.05) is 11.6 Å². The van der Waals surface area contributed by atoms with Crippen LogP contribution in [0.15, 0.2) is 29.4 Å². The number of hydrogen-bond acceptors (Lipinski definition) is 5. The number of para-hydroxylation sites is 1. The molecule has 1 saturated heterocycles. The van der Waals surface area contributed by atoms with Crippen LogP contribution < -0.4 is 16.3 Å². The number of hydrogen-bond donors (Lipinski definition) is 4. The third kappa shape index (κ3) is 2.97. The maximum atomic E-state index is 11.9. The van der Waals surface area contributed by atoms with Crippen molar-refractivity contribution < 1.29 is 9.90 Å². The molecule has 1 heterocycles. The largest absolute Gasteiger partial charge is 0.507 e. The van der Waals surface area contributed by atoms with E-state index < -0.39 is 0 Å².